The lowest BCUT2D eigenvalue weighted by Crippen LogP contribution is -2.02. The third kappa shape index (κ3) is 2.31. The Morgan fingerprint density at radius 3 is 2.76 bits per heavy atom. The van der Waals surface area contributed by atoms with Crippen LogP contribution in [0.2, 0.25) is 0 Å². The maximum atomic E-state index is 14.0. The fourth-order valence-corrected chi connectivity index (χ4v) is 2.38. The first-order chi connectivity index (χ1) is 10.1. The summed E-state index contributed by atoms with van der Waals surface area (Å²) in [5.74, 6) is 0.155. The molecular weight excluding hydrogens is 269 g/mol. The minimum atomic E-state index is -0.414. The lowest BCUT2D eigenvalue weighted by Gasteiger charge is -2.10. The number of ether oxygens (including phenoxy) is 1. The second kappa shape index (κ2) is 5.09. The molecule has 2 N–H and O–H groups in total. The van der Waals surface area contributed by atoms with E-state index in [0.717, 1.165) is 16.6 Å². The first-order valence-corrected chi connectivity index (χ1v) is 6.77. The number of fused-ring (bicyclic) bond motifs is 1. The van der Waals surface area contributed by atoms with Gasteiger partial charge in [-0.25, -0.2) is 9.37 Å². The van der Waals surface area contributed by atoms with Crippen LogP contribution in [-0.2, 0) is 0 Å². The van der Waals surface area contributed by atoms with Crippen LogP contribution in [0.1, 0.15) is 12.5 Å². The highest BCUT2D eigenvalue weighted by Crippen LogP contribution is 2.27. The van der Waals surface area contributed by atoms with Crippen molar-refractivity contribution in [3.05, 3.63) is 47.8 Å². The Balaban J connectivity index is 2.18. The Kier molecular flexibility index (Phi) is 3.25. The average Bonchev–Trinajstić information content (AvgIpc) is 2.76. The van der Waals surface area contributed by atoms with Crippen LogP contribution in [0, 0.1) is 12.7 Å². The molecule has 5 heteroatoms. The van der Waals surface area contributed by atoms with Crippen LogP contribution in [0.5, 0.6) is 5.75 Å². The highest BCUT2D eigenvalue weighted by atomic mass is 19.1. The van der Waals surface area contributed by atoms with Crippen LogP contribution in [-0.4, -0.2) is 16.2 Å². The molecule has 1 aromatic heterocycles. The number of nitrogens with zero attached hydrogens (tertiary/aromatic N) is 2. The number of rotatable bonds is 3. The minimum absolute atomic E-state index is 0.237. The molecule has 1 heterocycles. The summed E-state index contributed by atoms with van der Waals surface area (Å²) < 4.78 is 21.0. The lowest BCUT2D eigenvalue weighted by molar-refractivity contribution is 0.321. The van der Waals surface area contributed by atoms with Crippen LogP contribution in [0.3, 0.4) is 0 Å². The van der Waals surface area contributed by atoms with Crippen molar-refractivity contribution in [2.24, 2.45) is 0 Å². The van der Waals surface area contributed by atoms with Gasteiger partial charge in [0.25, 0.3) is 0 Å². The summed E-state index contributed by atoms with van der Waals surface area (Å²) in [5.41, 5.74) is 9.34. The molecule has 108 valence electrons. The SMILES string of the molecule is CCOc1ccc(-n2c(N)nc3ccc(C)cc32)cc1F. The first-order valence-electron chi connectivity index (χ1n) is 6.77. The zero-order valence-corrected chi connectivity index (χ0v) is 11.9. The van der Waals surface area contributed by atoms with Crippen LogP contribution in [0.25, 0.3) is 16.7 Å². The van der Waals surface area contributed by atoms with Crippen LogP contribution in [0.15, 0.2) is 36.4 Å². The second-order valence-electron chi connectivity index (χ2n) is 4.85. The average molecular weight is 285 g/mol. The van der Waals surface area contributed by atoms with Crippen LogP contribution < -0.4 is 10.5 Å². The van der Waals surface area contributed by atoms with Gasteiger partial charge >= 0.3 is 0 Å². The largest absolute Gasteiger partial charge is 0.491 e. The summed E-state index contributed by atoms with van der Waals surface area (Å²) in [5, 5.41) is 0. The number of halogens is 1. The molecule has 0 saturated heterocycles. The fourth-order valence-electron chi connectivity index (χ4n) is 2.38. The summed E-state index contributed by atoms with van der Waals surface area (Å²) in [4.78, 5) is 4.31. The number of hydrogen-bond donors (Lipinski definition) is 1. The molecule has 0 aliphatic rings. The highest BCUT2D eigenvalue weighted by molar-refractivity contribution is 5.81. The number of aromatic nitrogens is 2. The van der Waals surface area contributed by atoms with E-state index in [4.69, 9.17) is 10.5 Å². The van der Waals surface area contributed by atoms with Gasteiger partial charge in [-0.2, -0.15) is 0 Å². The number of benzene rings is 2. The van der Waals surface area contributed by atoms with Gasteiger partial charge in [0.2, 0.25) is 5.95 Å². The van der Waals surface area contributed by atoms with E-state index >= 15 is 0 Å². The van der Waals surface area contributed by atoms with Gasteiger partial charge in [0.05, 0.1) is 23.3 Å². The molecule has 3 aromatic rings. The fraction of sp³-hybridized carbons (Fsp3) is 0.188. The van der Waals surface area contributed by atoms with Gasteiger partial charge in [-0.1, -0.05) is 6.07 Å². The molecule has 4 nitrogen and oxygen atoms in total. The molecule has 0 atom stereocenters. The molecule has 0 radical (unpaired) electrons. The summed E-state index contributed by atoms with van der Waals surface area (Å²) >= 11 is 0. The third-order valence-corrected chi connectivity index (χ3v) is 3.31. The van der Waals surface area contributed by atoms with Crippen molar-refractivity contribution in [1.29, 1.82) is 0 Å². The number of nitrogens with two attached hydrogens (primary N) is 1. The summed E-state index contributed by atoms with van der Waals surface area (Å²) in [6.45, 7) is 4.23. The Bertz CT molecular complexity index is 811. The van der Waals surface area contributed by atoms with Crippen LogP contribution >= 0.6 is 0 Å². The summed E-state index contributed by atoms with van der Waals surface area (Å²) in [6.07, 6.45) is 0. The van der Waals surface area contributed by atoms with E-state index < -0.39 is 5.82 Å². The normalized spacial score (nSPS) is 11.0. The maximum Gasteiger partial charge on any atom is 0.205 e. The van der Waals surface area contributed by atoms with Crippen molar-refractivity contribution in [3.8, 4) is 11.4 Å². The molecule has 21 heavy (non-hydrogen) atoms. The van der Waals surface area contributed by atoms with Gasteiger partial charge < -0.3 is 10.5 Å². The van der Waals surface area contributed by atoms with Gasteiger partial charge in [-0.05, 0) is 43.7 Å². The maximum absolute atomic E-state index is 14.0. The Hall–Kier alpha value is -2.56. The summed E-state index contributed by atoms with van der Waals surface area (Å²) in [6, 6.07) is 10.6. The standard InChI is InChI=1S/C16H16FN3O/c1-3-21-15-7-5-11(9-12(15)17)20-14-8-10(2)4-6-13(14)19-16(20)18/h4-9H,3H2,1-2H3,(H2,18,19). The van der Waals surface area contributed by atoms with Gasteiger partial charge in [0.1, 0.15) is 0 Å². The first kappa shape index (κ1) is 13.4. The van der Waals surface area contributed by atoms with E-state index in [9.17, 15) is 4.39 Å². The molecule has 0 bridgehead atoms. The van der Waals surface area contributed by atoms with E-state index in [0.29, 0.717) is 18.2 Å². The van der Waals surface area contributed by atoms with E-state index in [1.54, 1.807) is 16.7 Å². The van der Waals surface area contributed by atoms with Crippen molar-refractivity contribution >= 4 is 17.0 Å². The molecule has 3 rings (SSSR count). The van der Waals surface area contributed by atoms with Crippen molar-refractivity contribution in [2.45, 2.75) is 13.8 Å². The Morgan fingerprint density at radius 1 is 1.24 bits per heavy atom. The van der Waals surface area contributed by atoms with E-state index in [-0.39, 0.29) is 5.75 Å². The minimum Gasteiger partial charge on any atom is -0.491 e. The molecule has 2 aromatic carbocycles. The van der Waals surface area contributed by atoms with Gasteiger partial charge in [0, 0.05) is 6.07 Å². The Morgan fingerprint density at radius 2 is 2.05 bits per heavy atom. The van der Waals surface area contributed by atoms with Crippen molar-refractivity contribution in [3.63, 3.8) is 0 Å². The van der Waals surface area contributed by atoms with Crippen molar-refractivity contribution < 1.29 is 9.13 Å². The highest BCUT2D eigenvalue weighted by Gasteiger charge is 2.12. The molecule has 0 fully saturated rings. The molecule has 0 aliphatic heterocycles. The van der Waals surface area contributed by atoms with Gasteiger partial charge in [0.15, 0.2) is 11.6 Å². The van der Waals surface area contributed by atoms with E-state index in [1.807, 2.05) is 32.0 Å². The third-order valence-electron chi connectivity index (χ3n) is 3.31. The van der Waals surface area contributed by atoms with Crippen molar-refractivity contribution in [1.82, 2.24) is 9.55 Å². The quantitative estimate of drug-likeness (QED) is 0.802. The lowest BCUT2D eigenvalue weighted by atomic mass is 10.2. The van der Waals surface area contributed by atoms with E-state index in [2.05, 4.69) is 4.98 Å². The van der Waals surface area contributed by atoms with Crippen LogP contribution in [0.4, 0.5) is 10.3 Å². The predicted octanol–water partition coefficient (Wildman–Crippen LogP) is 3.45. The molecule has 0 amide bonds. The second-order valence-corrected chi connectivity index (χ2v) is 4.85. The zero-order valence-electron chi connectivity index (χ0n) is 11.9. The van der Waals surface area contributed by atoms with Gasteiger partial charge in [-0.15, -0.1) is 0 Å². The summed E-state index contributed by atoms with van der Waals surface area (Å²) in [7, 11) is 0. The molecule has 0 spiro atoms. The predicted molar refractivity (Wildman–Crippen MR) is 81.3 cm³/mol. The molecule has 0 unspecified atom stereocenters. The molecule has 0 aliphatic carbocycles. The molecule has 0 saturated carbocycles. The number of hydrogen-bond acceptors (Lipinski definition) is 3. The number of anilines is 1. The van der Waals surface area contributed by atoms with Gasteiger partial charge in [-0.3, -0.25) is 4.57 Å². The smallest absolute Gasteiger partial charge is 0.205 e. The molecular formula is C16H16FN3O. The van der Waals surface area contributed by atoms with Crippen molar-refractivity contribution in [2.75, 3.05) is 12.3 Å². The zero-order chi connectivity index (χ0) is 15.0. The number of imidazole rings is 1. The Labute approximate surface area is 122 Å². The number of aryl methyl sites for hydroxylation is 1. The van der Waals surface area contributed by atoms with E-state index in [1.165, 1.54) is 6.07 Å². The topological polar surface area (TPSA) is 53.1 Å². The monoisotopic (exact) mass is 285 g/mol. The number of nitrogen functional groups attached to an aromatic ring is 1.